The Morgan fingerprint density at radius 1 is 0.852 bits per heavy atom. The van der Waals surface area contributed by atoms with Gasteiger partial charge in [-0.3, -0.25) is 4.79 Å². The van der Waals surface area contributed by atoms with Crippen molar-refractivity contribution < 1.29 is 9.53 Å². The lowest BCUT2D eigenvalue weighted by atomic mass is 10.1. The van der Waals surface area contributed by atoms with Crippen LogP contribution in [0.15, 0.2) is 97.6 Å². The molecule has 27 heavy (non-hydrogen) atoms. The molecular formula is C24H23NO2. The second-order valence-corrected chi connectivity index (χ2v) is 6.19. The second kappa shape index (κ2) is 9.39. The Morgan fingerprint density at radius 3 is 2.07 bits per heavy atom. The van der Waals surface area contributed by atoms with Gasteiger partial charge in [-0.05, 0) is 34.9 Å². The molecule has 0 bridgehead atoms. The molecule has 3 nitrogen and oxygen atoms in total. The van der Waals surface area contributed by atoms with Crippen molar-refractivity contribution in [3.05, 3.63) is 103 Å². The van der Waals surface area contributed by atoms with E-state index in [0.29, 0.717) is 19.7 Å². The van der Waals surface area contributed by atoms with Crippen molar-refractivity contribution in [2.75, 3.05) is 13.2 Å². The number of hydrogen-bond donors (Lipinski definition) is 0. The van der Waals surface area contributed by atoms with E-state index < -0.39 is 0 Å². The summed E-state index contributed by atoms with van der Waals surface area (Å²) in [5.74, 6) is 0.697. The molecule has 3 aromatic carbocycles. The third-order valence-electron chi connectivity index (χ3n) is 4.29. The number of amides is 1. The quantitative estimate of drug-likeness (QED) is 0.534. The van der Waals surface area contributed by atoms with Crippen LogP contribution in [0.1, 0.15) is 5.56 Å². The fourth-order valence-electron chi connectivity index (χ4n) is 2.85. The maximum atomic E-state index is 12.1. The zero-order valence-electron chi connectivity index (χ0n) is 15.3. The Bertz CT molecular complexity index is 858. The van der Waals surface area contributed by atoms with E-state index in [0.717, 1.165) is 16.9 Å². The molecule has 0 radical (unpaired) electrons. The van der Waals surface area contributed by atoms with Crippen molar-refractivity contribution in [2.45, 2.75) is 6.54 Å². The average molecular weight is 357 g/mol. The third kappa shape index (κ3) is 5.32. The van der Waals surface area contributed by atoms with E-state index in [9.17, 15) is 4.79 Å². The highest BCUT2D eigenvalue weighted by molar-refractivity contribution is 5.86. The number of carbonyl (C=O) groups is 1. The van der Waals surface area contributed by atoms with Crippen molar-refractivity contribution in [2.24, 2.45) is 0 Å². The van der Waals surface area contributed by atoms with Crippen LogP contribution in [0.5, 0.6) is 5.75 Å². The molecule has 0 atom stereocenters. The average Bonchev–Trinajstić information content (AvgIpc) is 2.74. The fraction of sp³-hybridized carbons (Fsp3) is 0.125. The van der Waals surface area contributed by atoms with E-state index in [1.165, 1.54) is 11.6 Å². The molecule has 0 unspecified atom stereocenters. The molecule has 0 fully saturated rings. The van der Waals surface area contributed by atoms with Crippen molar-refractivity contribution in [3.8, 4) is 16.9 Å². The first kappa shape index (κ1) is 18.5. The van der Waals surface area contributed by atoms with E-state index in [-0.39, 0.29) is 5.91 Å². The van der Waals surface area contributed by atoms with Crippen molar-refractivity contribution in [1.29, 1.82) is 0 Å². The van der Waals surface area contributed by atoms with Gasteiger partial charge in [0, 0.05) is 6.54 Å². The highest BCUT2D eigenvalue weighted by Crippen LogP contribution is 2.22. The van der Waals surface area contributed by atoms with Gasteiger partial charge in [0.1, 0.15) is 12.4 Å². The molecule has 0 aromatic heterocycles. The Balaban J connectivity index is 1.56. The molecule has 3 heteroatoms. The lowest BCUT2D eigenvalue weighted by Gasteiger charge is -2.21. The molecule has 1 amide bonds. The van der Waals surface area contributed by atoms with Crippen LogP contribution in [0.25, 0.3) is 11.1 Å². The largest absolute Gasteiger partial charge is 0.492 e. The predicted octanol–water partition coefficient (Wildman–Crippen LogP) is 4.95. The van der Waals surface area contributed by atoms with Crippen LogP contribution >= 0.6 is 0 Å². The summed E-state index contributed by atoms with van der Waals surface area (Å²) in [5, 5.41) is 0. The molecule has 0 spiro atoms. The summed E-state index contributed by atoms with van der Waals surface area (Å²) < 4.78 is 5.83. The number of hydrogen-bond acceptors (Lipinski definition) is 2. The smallest absolute Gasteiger partial charge is 0.246 e. The van der Waals surface area contributed by atoms with Crippen LogP contribution in [0.3, 0.4) is 0 Å². The standard InChI is InChI=1S/C24H23NO2/c1-2-24(26)25(19-20-9-5-3-6-10-20)17-18-27-23-15-13-22(14-16-23)21-11-7-4-8-12-21/h2-16H,1,17-19H2. The highest BCUT2D eigenvalue weighted by atomic mass is 16.5. The molecule has 0 aliphatic rings. The van der Waals surface area contributed by atoms with Gasteiger partial charge >= 0.3 is 0 Å². The second-order valence-electron chi connectivity index (χ2n) is 6.19. The summed E-state index contributed by atoms with van der Waals surface area (Å²) in [7, 11) is 0. The lowest BCUT2D eigenvalue weighted by molar-refractivity contribution is -0.127. The van der Waals surface area contributed by atoms with Crippen LogP contribution in [0.4, 0.5) is 0 Å². The molecule has 3 rings (SSSR count). The number of benzene rings is 3. The summed E-state index contributed by atoms with van der Waals surface area (Å²) in [5.41, 5.74) is 3.41. The first-order valence-corrected chi connectivity index (χ1v) is 9.00. The van der Waals surface area contributed by atoms with Crippen molar-refractivity contribution in [3.63, 3.8) is 0 Å². The van der Waals surface area contributed by atoms with Crippen LogP contribution in [0, 0.1) is 0 Å². The van der Waals surface area contributed by atoms with E-state index in [2.05, 4.69) is 18.7 Å². The Morgan fingerprint density at radius 2 is 1.44 bits per heavy atom. The summed E-state index contributed by atoms with van der Waals surface area (Å²) >= 11 is 0. The minimum atomic E-state index is -0.0955. The maximum Gasteiger partial charge on any atom is 0.246 e. The predicted molar refractivity (Wildman–Crippen MR) is 109 cm³/mol. The molecule has 0 saturated heterocycles. The van der Waals surface area contributed by atoms with Crippen LogP contribution in [0.2, 0.25) is 0 Å². The monoisotopic (exact) mass is 357 g/mol. The normalized spacial score (nSPS) is 10.2. The first-order chi connectivity index (χ1) is 13.3. The van der Waals surface area contributed by atoms with Crippen molar-refractivity contribution >= 4 is 5.91 Å². The zero-order valence-corrected chi connectivity index (χ0v) is 15.3. The first-order valence-electron chi connectivity index (χ1n) is 9.00. The van der Waals surface area contributed by atoms with E-state index in [4.69, 9.17) is 4.74 Å². The van der Waals surface area contributed by atoms with Gasteiger partial charge in [0.05, 0.1) is 6.54 Å². The summed E-state index contributed by atoms with van der Waals surface area (Å²) in [6, 6.07) is 28.1. The molecule has 136 valence electrons. The van der Waals surface area contributed by atoms with Gasteiger partial charge in [-0.15, -0.1) is 0 Å². The van der Waals surface area contributed by atoms with Gasteiger partial charge in [-0.2, -0.15) is 0 Å². The van der Waals surface area contributed by atoms with Gasteiger partial charge in [0.25, 0.3) is 0 Å². The van der Waals surface area contributed by atoms with Gasteiger partial charge in [-0.25, -0.2) is 0 Å². The van der Waals surface area contributed by atoms with Gasteiger partial charge in [0.15, 0.2) is 0 Å². The summed E-state index contributed by atoms with van der Waals surface area (Å²) in [6.07, 6.45) is 1.34. The molecule has 0 aliphatic heterocycles. The number of nitrogens with zero attached hydrogens (tertiary/aromatic N) is 1. The van der Waals surface area contributed by atoms with Crippen LogP contribution in [-0.4, -0.2) is 24.0 Å². The SMILES string of the molecule is C=CC(=O)N(CCOc1ccc(-c2ccccc2)cc1)Cc1ccccc1. The van der Waals surface area contributed by atoms with Crippen molar-refractivity contribution in [1.82, 2.24) is 4.90 Å². The minimum Gasteiger partial charge on any atom is -0.492 e. The summed E-state index contributed by atoms with van der Waals surface area (Å²) in [4.78, 5) is 13.8. The van der Waals surface area contributed by atoms with E-state index in [1.807, 2.05) is 72.8 Å². The zero-order chi connectivity index (χ0) is 18.9. The Kier molecular flexibility index (Phi) is 6.42. The molecule has 0 saturated carbocycles. The maximum absolute atomic E-state index is 12.1. The lowest BCUT2D eigenvalue weighted by Crippen LogP contribution is -2.32. The van der Waals surface area contributed by atoms with Crippen LogP contribution in [-0.2, 0) is 11.3 Å². The van der Waals surface area contributed by atoms with Crippen LogP contribution < -0.4 is 4.74 Å². The Labute approximate surface area is 160 Å². The molecule has 0 N–H and O–H groups in total. The number of ether oxygens (including phenoxy) is 1. The minimum absolute atomic E-state index is 0.0955. The summed E-state index contributed by atoms with van der Waals surface area (Å²) in [6.45, 7) is 5.07. The number of rotatable bonds is 8. The Hall–Kier alpha value is -3.33. The van der Waals surface area contributed by atoms with E-state index >= 15 is 0 Å². The van der Waals surface area contributed by atoms with E-state index in [1.54, 1.807) is 4.90 Å². The highest BCUT2D eigenvalue weighted by Gasteiger charge is 2.11. The topological polar surface area (TPSA) is 29.5 Å². The third-order valence-corrected chi connectivity index (χ3v) is 4.29. The van der Waals surface area contributed by atoms with Gasteiger partial charge in [0.2, 0.25) is 5.91 Å². The molecule has 3 aromatic rings. The molecule has 0 aliphatic carbocycles. The van der Waals surface area contributed by atoms with Gasteiger partial charge in [-0.1, -0.05) is 79.4 Å². The fourth-order valence-corrected chi connectivity index (χ4v) is 2.85. The number of carbonyl (C=O) groups excluding carboxylic acids is 1. The molecule has 0 heterocycles. The van der Waals surface area contributed by atoms with Gasteiger partial charge < -0.3 is 9.64 Å². The molecular weight excluding hydrogens is 334 g/mol.